The molecule has 24 heavy (non-hydrogen) atoms. The maximum absolute atomic E-state index is 12.5. The Labute approximate surface area is 144 Å². The van der Waals surface area contributed by atoms with Crippen molar-refractivity contribution in [2.75, 3.05) is 7.05 Å². The van der Waals surface area contributed by atoms with Crippen molar-refractivity contribution < 1.29 is 13.9 Å². The van der Waals surface area contributed by atoms with E-state index in [2.05, 4.69) is 4.98 Å². The van der Waals surface area contributed by atoms with Gasteiger partial charge in [-0.2, -0.15) is 0 Å². The molecule has 5 nitrogen and oxygen atoms in total. The van der Waals surface area contributed by atoms with E-state index in [1.54, 1.807) is 41.7 Å². The minimum absolute atomic E-state index is 0.0821. The molecule has 0 spiro atoms. The van der Waals surface area contributed by atoms with E-state index in [-0.39, 0.29) is 5.91 Å². The fourth-order valence-electron chi connectivity index (χ4n) is 2.28. The molecule has 0 saturated carbocycles. The van der Waals surface area contributed by atoms with Gasteiger partial charge in [-0.05, 0) is 37.3 Å². The molecule has 2 aromatic heterocycles. The SMILES string of the molecule is Cc1nc(COc2cccc(C(=O)N(C)Cc3ccco3)c2)cs1. The lowest BCUT2D eigenvalue weighted by Gasteiger charge is -2.16. The Hall–Kier alpha value is -2.60. The topological polar surface area (TPSA) is 55.6 Å². The molecule has 0 atom stereocenters. The Morgan fingerprint density at radius 3 is 2.92 bits per heavy atom. The Kier molecular flexibility index (Phi) is 4.96. The number of aromatic nitrogens is 1. The van der Waals surface area contributed by atoms with Gasteiger partial charge in [0.15, 0.2) is 0 Å². The second-order valence-electron chi connectivity index (χ2n) is 5.41. The third kappa shape index (κ3) is 4.02. The van der Waals surface area contributed by atoms with Crippen LogP contribution in [0.15, 0.2) is 52.5 Å². The maximum Gasteiger partial charge on any atom is 0.254 e. The number of hydrogen-bond donors (Lipinski definition) is 0. The van der Waals surface area contributed by atoms with Gasteiger partial charge in [-0.15, -0.1) is 11.3 Å². The second-order valence-corrected chi connectivity index (χ2v) is 6.48. The standard InChI is InChI=1S/C18H18N2O3S/c1-13-19-15(12-24-13)11-23-16-6-3-5-14(9-16)18(21)20(2)10-17-7-4-8-22-17/h3-9,12H,10-11H2,1-2H3. The lowest BCUT2D eigenvalue weighted by molar-refractivity contribution is 0.0775. The van der Waals surface area contributed by atoms with Gasteiger partial charge in [-0.1, -0.05) is 6.07 Å². The zero-order valence-electron chi connectivity index (χ0n) is 13.6. The molecule has 1 amide bonds. The van der Waals surface area contributed by atoms with Crippen LogP contribution < -0.4 is 4.74 Å². The van der Waals surface area contributed by atoms with Crippen molar-refractivity contribution in [1.82, 2.24) is 9.88 Å². The van der Waals surface area contributed by atoms with E-state index in [0.29, 0.717) is 24.5 Å². The van der Waals surface area contributed by atoms with E-state index in [1.807, 2.05) is 36.6 Å². The van der Waals surface area contributed by atoms with E-state index in [9.17, 15) is 4.79 Å². The number of ether oxygens (including phenoxy) is 1. The van der Waals surface area contributed by atoms with Crippen LogP contribution in [-0.2, 0) is 13.2 Å². The predicted molar refractivity (Wildman–Crippen MR) is 92.1 cm³/mol. The fourth-order valence-corrected chi connectivity index (χ4v) is 2.88. The summed E-state index contributed by atoms with van der Waals surface area (Å²) in [5, 5.41) is 2.98. The molecule has 0 aliphatic heterocycles. The number of rotatable bonds is 6. The van der Waals surface area contributed by atoms with Crippen molar-refractivity contribution in [3.63, 3.8) is 0 Å². The number of thiazole rings is 1. The molecule has 0 radical (unpaired) electrons. The first kappa shape index (κ1) is 16.3. The van der Waals surface area contributed by atoms with Gasteiger partial charge in [0, 0.05) is 18.0 Å². The van der Waals surface area contributed by atoms with Gasteiger partial charge in [0.2, 0.25) is 0 Å². The summed E-state index contributed by atoms with van der Waals surface area (Å²) in [7, 11) is 1.75. The highest BCUT2D eigenvalue weighted by molar-refractivity contribution is 7.09. The number of furan rings is 1. The second kappa shape index (κ2) is 7.31. The zero-order valence-corrected chi connectivity index (χ0v) is 14.4. The highest BCUT2D eigenvalue weighted by Gasteiger charge is 2.14. The van der Waals surface area contributed by atoms with Crippen LogP contribution in [0.5, 0.6) is 5.75 Å². The summed E-state index contributed by atoms with van der Waals surface area (Å²) in [6, 6.07) is 10.8. The summed E-state index contributed by atoms with van der Waals surface area (Å²) in [6.07, 6.45) is 1.60. The molecular formula is C18H18N2O3S. The number of carbonyl (C=O) groups excluding carboxylic acids is 1. The van der Waals surface area contributed by atoms with Gasteiger partial charge in [0.05, 0.1) is 23.5 Å². The molecule has 0 aliphatic carbocycles. The lowest BCUT2D eigenvalue weighted by Crippen LogP contribution is -2.25. The normalized spacial score (nSPS) is 10.6. The van der Waals surface area contributed by atoms with Gasteiger partial charge in [-0.3, -0.25) is 4.79 Å². The largest absolute Gasteiger partial charge is 0.487 e. The number of carbonyl (C=O) groups is 1. The van der Waals surface area contributed by atoms with Crippen LogP contribution >= 0.6 is 11.3 Å². The summed E-state index contributed by atoms with van der Waals surface area (Å²) in [5.41, 5.74) is 1.47. The van der Waals surface area contributed by atoms with Crippen LogP contribution in [0.1, 0.15) is 26.8 Å². The van der Waals surface area contributed by atoms with Crippen molar-refractivity contribution in [3.05, 3.63) is 70.1 Å². The van der Waals surface area contributed by atoms with Gasteiger partial charge in [0.1, 0.15) is 18.1 Å². The number of benzene rings is 1. The van der Waals surface area contributed by atoms with Gasteiger partial charge >= 0.3 is 0 Å². The van der Waals surface area contributed by atoms with Crippen molar-refractivity contribution in [3.8, 4) is 5.75 Å². The number of nitrogens with zero attached hydrogens (tertiary/aromatic N) is 2. The first-order valence-corrected chi connectivity index (χ1v) is 8.41. The zero-order chi connectivity index (χ0) is 16.9. The molecule has 0 saturated heterocycles. The summed E-state index contributed by atoms with van der Waals surface area (Å²) >= 11 is 1.59. The molecule has 2 heterocycles. The molecule has 3 rings (SSSR count). The Balaban J connectivity index is 1.64. The van der Waals surface area contributed by atoms with Gasteiger partial charge in [-0.25, -0.2) is 4.98 Å². The molecule has 0 N–H and O–H groups in total. The average molecular weight is 342 g/mol. The van der Waals surface area contributed by atoms with Crippen molar-refractivity contribution in [2.24, 2.45) is 0 Å². The number of aryl methyl sites for hydroxylation is 1. The Bertz CT molecular complexity index is 811. The summed E-state index contributed by atoms with van der Waals surface area (Å²) < 4.78 is 11.0. The first-order chi connectivity index (χ1) is 11.6. The number of hydrogen-bond acceptors (Lipinski definition) is 5. The molecule has 0 aliphatic rings. The van der Waals surface area contributed by atoms with E-state index < -0.39 is 0 Å². The van der Waals surface area contributed by atoms with E-state index in [1.165, 1.54) is 0 Å². The Morgan fingerprint density at radius 2 is 2.21 bits per heavy atom. The molecule has 124 valence electrons. The van der Waals surface area contributed by atoms with Crippen LogP contribution in [0.2, 0.25) is 0 Å². The highest BCUT2D eigenvalue weighted by atomic mass is 32.1. The maximum atomic E-state index is 12.5. The summed E-state index contributed by atoms with van der Waals surface area (Å²) in [5.74, 6) is 1.32. The smallest absolute Gasteiger partial charge is 0.254 e. The molecular weight excluding hydrogens is 324 g/mol. The molecule has 0 bridgehead atoms. The molecule has 0 fully saturated rings. The van der Waals surface area contributed by atoms with E-state index >= 15 is 0 Å². The van der Waals surface area contributed by atoms with Crippen LogP contribution in [0, 0.1) is 6.92 Å². The number of amides is 1. The van der Waals surface area contributed by atoms with Crippen molar-refractivity contribution in [1.29, 1.82) is 0 Å². The third-order valence-electron chi connectivity index (χ3n) is 3.45. The quantitative estimate of drug-likeness (QED) is 0.682. The first-order valence-electron chi connectivity index (χ1n) is 7.53. The van der Waals surface area contributed by atoms with E-state index in [0.717, 1.165) is 16.5 Å². The highest BCUT2D eigenvalue weighted by Crippen LogP contribution is 2.18. The average Bonchev–Trinajstić information content (AvgIpc) is 3.24. The van der Waals surface area contributed by atoms with Crippen LogP contribution in [0.25, 0.3) is 0 Å². The Morgan fingerprint density at radius 1 is 1.33 bits per heavy atom. The lowest BCUT2D eigenvalue weighted by atomic mass is 10.2. The van der Waals surface area contributed by atoms with Gasteiger partial charge < -0.3 is 14.1 Å². The van der Waals surface area contributed by atoms with Crippen LogP contribution in [0.4, 0.5) is 0 Å². The predicted octanol–water partition coefficient (Wildman–Crippen LogP) is 3.90. The minimum atomic E-state index is -0.0821. The van der Waals surface area contributed by atoms with Crippen molar-refractivity contribution in [2.45, 2.75) is 20.1 Å². The molecule has 6 heteroatoms. The van der Waals surface area contributed by atoms with Gasteiger partial charge in [0.25, 0.3) is 5.91 Å². The molecule has 3 aromatic rings. The van der Waals surface area contributed by atoms with Crippen LogP contribution in [-0.4, -0.2) is 22.8 Å². The fraction of sp³-hybridized carbons (Fsp3) is 0.222. The van der Waals surface area contributed by atoms with Crippen LogP contribution in [0.3, 0.4) is 0 Å². The van der Waals surface area contributed by atoms with E-state index in [4.69, 9.17) is 9.15 Å². The minimum Gasteiger partial charge on any atom is -0.487 e. The molecule has 0 unspecified atom stereocenters. The third-order valence-corrected chi connectivity index (χ3v) is 4.28. The monoisotopic (exact) mass is 342 g/mol. The van der Waals surface area contributed by atoms with Crippen molar-refractivity contribution >= 4 is 17.2 Å². The molecule has 1 aromatic carbocycles. The summed E-state index contributed by atoms with van der Waals surface area (Å²) in [4.78, 5) is 18.5. The summed E-state index contributed by atoms with van der Waals surface area (Å²) in [6.45, 7) is 2.78.